The number of hydrogen-bond donors (Lipinski definition) is 1. The number of nitrogens with one attached hydrogen (secondary N) is 1. The molecule has 0 spiro atoms. The van der Waals surface area contributed by atoms with Crippen molar-refractivity contribution in [2.24, 2.45) is 58.7 Å². The highest BCUT2D eigenvalue weighted by Crippen LogP contribution is 2.71. The van der Waals surface area contributed by atoms with E-state index in [-0.39, 0.29) is 31.4 Å². The Morgan fingerprint density at radius 1 is 1.07 bits per heavy atom. The first-order valence-corrected chi connectivity index (χ1v) is 11.8. The predicted molar refractivity (Wildman–Crippen MR) is 109 cm³/mol. The largest absolute Gasteiger partial charge is 0.462 e. The molecule has 1 aliphatic heterocycles. The maximum atomic E-state index is 12.9. The van der Waals surface area contributed by atoms with Crippen molar-refractivity contribution in [1.82, 2.24) is 5.32 Å². The molecule has 6 heteroatoms. The van der Waals surface area contributed by atoms with Gasteiger partial charge in [-0.2, -0.15) is 0 Å². The van der Waals surface area contributed by atoms with Gasteiger partial charge in [0, 0.05) is 17.9 Å². The van der Waals surface area contributed by atoms with Crippen molar-refractivity contribution < 1.29 is 23.9 Å². The maximum absolute atomic E-state index is 12.9. The minimum Gasteiger partial charge on any atom is -0.462 e. The summed E-state index contributed by atoms with van der Waals surface area (Å²) in [5.41, 5.74) is -0.509. The van der Waals surface area contributed by atoms with Crippen LogP contribution in [0.2, 0.25) is 0 Å². The molecule has 10 atom stereocenters. The molecule has 0 aromatic rings. The topological polar surface area (TPSA) is 81.7 Å². The number of cyclic esters (lactones) is 1. The molecule has 0 radical (unpaired) electrons. The van der Waals surface area contributed by atoms with E-state index < -0.39 is 23.5 Å². The number of carbonyl (C=O) groups excluding carboxylic acids is 3. The molecular weight excluding hydrogens is 382 g/mol. The minimum absolute atomic E-state index is 0.0811. The zero-order chi connectivity index (χ0) is 21.4. The van der Waals surface area contributed by atoms with E-state index in [9.17, 15) is 14.4 Å². The fourth-order valence-corrected chi connectivity index (χ4v) is 8.07. The van der Waals surface area contributed by atoms with Crippen LogP contribution in [-0.4, -0.2) is 37.1 Å². The normalized spacial score (nSPS) is 47.3. The van der Waals surface area contributed by atoms with Crippen LogP contribution in [0.5, 0.6) is 0 Å². The predicted octanol–water partition coefficient (Wildman–Crippen LogP) is 2.80. The molecule has 5 rings (SSSR count). The van der Waals surface area contributed by atoms with Gasteiger partial charge in [-0.1, -0.05) is 27.7 Å². The lowest BCUT2D eigenvalue weighted by atomic mass is 9.62. The Balaban J connectivity index is 1.12. The lowest BCUT2D eigenvalue weighted by molar-refractivity contribution is -0.163. The second-order valence-corrected chi connectivity index (χ2v) is 11.4. The quantitative estimate of drug-likeness (QED) is 0.549. The van der Waals surface area contributed by atoms with Crippen molar-refractivity contribution in [2.45, 2.75) is 59.5 Å². The highest BCUT2D eigenvalue weighted by atomic mass is 16.6. The zero-order valence-electron chi connectivity index (χ0n) is 18.6. The van der Waals surface area contributed by atoms with E-state index in [1.807, 2.05) is 13.8 Å². The van der Waals surface area contributed by atoms with Crippen LogP contribution in [0.4, 0.5) is 0 Å². The summed E-state index contributed by atoms with van der Waals surface area (Å²) in [5, 5.41) is 2.99. The van der Waals surface area contributed by atoms with Crippen LogP contribution < -0.4 is 5.32 Å². The van der Waals surface area contributed by atoms with Crippen LogP contribution in [0.3, 0.4) is 0 Å². The van der Waals surface area contributed by atoms with Gasteiger partial charge >= 0.3 is 11.9 Å². The molecule has 4 saturated carbocycles. The summed E-state index contributed by atoms with van der Waals surface area (Å²) in [4.78, 5) is 36.9. The summed E-state index contributed by atoms with van der Waals surface area (Å²) in [5.74, 6) is 5.47. The first kappa shape index (κ1) is 20.3. The summed E-state index contributed by atoms with van der Waals surface area (Å²) in [6, 6.07) is 0. The van der Waals surface area contributed by atoms with Crippen molar-refractivity contribution in [1.29, 1.82) is 0 Å². The number of esters is 2. The third-order valence-corrected chi connectivity index (χ3v) is 9.57. The van der Waals surface area contributed by atoms with E-state index in [4.69, 9.17) is 9.47 Å². The van der Waals surface area contributed by atoms with Crippen LogP contribution in [0.25, 0.3) is 0 Å². The van der Waals surface area contributed by atoms with Crippen molar-refractivity contribution >= 4 is 17.8 Å². The second kappa shape index (κ2) is 6.96. The number of amides is 1. The summed E-state index contributed by atoms with van der Waals surface area (Å²) < 4.78 is 10.3. The van der Waals surface area contributed by atoms with E-state index in [2.05, 4.69) is 19.2 Å². The fourth-order valence-electron chi connectivity index (χ4n) is 8.07. The van der Waals surface area contributed by atoms with Gasteiger partial charge in [-0.15, -0.1) is 0 Å². The van der Waals surface area contributed by atoms with Gasteiger partial charge in [-0.05, 0) is 66.6 Å². The summed E-state index contributed by atoms with van der Waals surface area (Å²) in [6.45, 7) is 9.06. The van der Waals surface area contributed by atoms with Gasteiger partial charge in [0.1, 0.15) is 6.61 Å². The Morgan fingerprint density at radius 2 is 1.77 bits per heavy atom. The molecule has 6 nitrogen and oxygen atoms in total. The molecule has 4 bridgehead atoms. The molecule has 1 heterocycles. The smallest absolute Gasteiger partial charge is 0.348 e. The van der Waals surface area contributed by atoms with Gasteiger partial charge in [0.15, 0.2) is 0 Å². The average molecular weight is 418 g/mol. The lowest BCUT2D eigenvalue weighted by Crippen LogP contribution is -2.43. The monoisotopic (exact) mass is 417 g/mol. The number of hydrogen-bond acceptors (Lipinski definition) is 5. The molecule has 1 N–H and O–H groups in total. The van der Waals surface area contributed by atoms with Gasteiger partial charge in [-0.3, -0.25) is 9.59 Å². The molecule has 0 aromatic heterocycles. The Kier molecular flexibility index (Phi) is 4.71. The molecular formula is C24H35NO5. The summed E-state index contributed by atoms with van der Waals surface area (Å²) in [7, 11) is 0. The van der Waals surface area contributed by atoms with Gasteiger partial charge in [-0.25, -0.2) is 4.79 Å². The molecule has 1 amide bonds. The molecule has 30 heavy (non-hydrogen) atoms. The fraction of sp³-hybridized carbons (Fsp3) is 0.875. The van der Waals surface area contributed by atoms with Gasteiger partial charge in [0.25, 0.3) is 0 Å². The Bertz CT molecular complexity index is 763. The number of fused-ring (bicyclic) bond motifs is 9. The molecule has 1 saturated heterocycles. The van der Waals surface area contributed by atoms with E-state index >= 15 is 0 Å². The third kappa shape index (κ3) is 2.92. The Morgan fingerprint density at radius 3 is 2.43 bits per heavy atom. The van der Waals surface area contributed by atoms with Crippen molar-refractivity contribution in [3.8, 4) is 0 Å². The van der Waals surface area contributed by atoms with Crippen molar-refractivity contribution in [2.75, 3.05) is 13.2 Å². The summed E-state index contributed by atoms with van der Waals surface area (Å²) in [6.07, 6.45) is 2.85. The zero-order valence-corrected chi connectivity index (χ0v) is 18.6. The molecule has 4 aliphatic carbocycles. The molecule has 10 unspecified atom stereocenters. The standard InChI is InChI=1S/C24H35NO5/c1-11-12(2)15-9-14(11)19-13-7-16(20(15)19)17(8-13)22(27)25-6-5-18(26)30-21-23(28)29-10-24(21,3)4/h11-17,19-21H,5-10H2,1-4H3,(H,25,27). The number of rotatable bonds is 5. The van der Waals surface area contributed by atoms with Crippen molar-refractivity contribution in [3.05, 3.63) is 0 Å². The Labute approximate surface area is 178 Å². The van der Waals surface area contributed by atoms with E-state index in [1.165, 1.54) is 12.8 Å². The van der Waals surface area contributed by atoms with Crippen LogP contribution in [0.15, 0.2) is 0 Å². The van der Waals surface area contributed by atoms with Gasteiger partial charge in [0.2, 0.25) is 12.0 Å². The maximum Gasteiger partial charge on any atom is 0.348 e. The molecule has 166 valence electrons. The third-order valence-electron chi connectivity index (χ3n) is 9.57. The molecule has 5 fully saturated rings. The minimum atomic E-state index is -0.856. The van der Waals surface area contributed by atoms with E-state index in [0.29, 0.717) is 5.92 Å². The van der Waals surface area contributed by atoms with Crippen LogP contribution in [0.1, 0.15) is 53.4 Å². The van der Waals surface area contributed by atoms with Crippen LogP contribution in [0, 0.1) is 58.7 Å². The first-order valence-electron chi connectivity index (χ1n) is 11.8. The summed E-state index contributed by atoms with van der Waals surface area (Å²) >= 11 is 0. The van der Waals surface area contributed by atoms with Gasteiger partial charge in [0.05, 0.1) is 6.42 Å². The molecule has 5 aliphatic rings. The van der Waals surface area contributed by atoms with Gasteiger partial charge < -0.3 is 14.8 Å². The van der Waals surface area contributed by atoms with Crippen molar-refractivity contribution in [3.63, 3.8) is 0 Å². The van der Waals surface area contributed by atoms with E-state index in [0.717, 1.165) is 47.8 Å². The van der Waals surface area contributed by atoms with Crippen LogP contribution in [-0.2, 0) is 23.9 Å². The second-order valence-electron chi connectivity index (χ2n) is 11.4. The number of carbonyl (C=O) groups is 3. The highest BCUT2D eigenvalue weighted by Gasteiger charge is 2.66. The lowest BCUT2D eigenvalue weighted by Gasteiger charge is -2.43. The van der Waals surface area contributed by atoms with Crippen LogP contribution >= 0.6 is 0 Å². The molecule has 0 aromatic carbocycles. The highest BCUT2D eigenvalue weighted by molar-refractivity contribution is 5.83. The number of ether oxygens (including phenoxy) is 2. The Hall–Kier alpha value is -1.59. The van der Waals surface area contributed by atoms with E-state index in [1.54, 1.807) is 0 Å². The average Bonchev–Trinajstić information content (AvgIpc) is 3.46. The SMILES string of the molecule is CC1C(C)C2CC1C1C3CC(C(=O)NCCC(=O)OC4C(=O)OCC4(C)C)C(C3)C21. The first-order chi connectivity index (χ1) is 14.2.